The molecule has 0 bridgehead atoms. The van der Waals surface area contributed by atoms with Gasteiger partial charge in [-0.05, 0) is 25.9 Å². The van der Waals surface area contributed by atoms with E-state index in [0.717, 1.165) is 6.54 Å². The summed E-state index contributed by atoms with van der Waals surface area (Å²) in [5, 5.41) is 2.91. The summed E-state index contributed by atoms with van der Waals surface area (Å²) in [5.74, 6) is 0.569. The van der Waals surface area contributed by atoms with Gasteiger partial charge in [0, 0.05) is 6.54 Å². The van der Waals surface area contributed by atoms with E-state index in [1.807, 2.05) is 20.9 Å². The van der Waals surface area contributed by atoms with E-state index in [9.17, 15) is 8.42 Å². The van der Waals surface area contributed by atoms with Crippen molar-refractivity contribution in [1.82, 2.24) is 10.0 Å². The molecule has 0 heterocycles. The number of nitrogens with one attached hydrogen (secondary N) is 2. The molecule has 0 rings (SSSR count). The molecule has 0 aliphatic carbocycles. The van der Waals surface area contributed by atoms with Gasteiger partial charge in [0.25, 0.3) is 0 Å². The van der Waals surface area contributed by atoms with E-state index in [-0.39, 0.29) is 5.75 Å². The van der Waals surface area contributed by atoms with Crippen LogP contribution in [0.3, 0.4) is 0 Å². The minimum atomic E-state index is -3.04. The smallest absolute Gasteiger partial charge is 0.211 e. The number of rotatable bonds is 7. The minimum absolute atomic E-state index is 0.209. The number of sulfonamides is 1. The zero-order valence-electron chi connectivity index (χ0n) is 8.63. The van der Waals surface area contributed by atoms with E-state index in [0.29, 0.717) is 18.9 Å². The molecule has 0 aromatic carbocycles. The fraction of sp³-hybridized carbons (Fsp3) is 1.00. The molecule has 4 nitrogen and oxygen atoms in total. The van der Waals surface area contributed by atoms with Crippen LogP contribution in [0.5, 0.6) is 0 Å². The van der Waals surface area contributed by atoms with E-state index in [2.05, 4.69) is 10.0 Å². The standard InChI is InChI=1S/C8H20N2O2S/c1-8(2)7-10-13(11,12)6-4-5-9-3/h8-10H,4-7H2,1-3H3. The second kappa shape index (κ2) is 6.34. The van der Waals surface area contributed by atoms with Crippen LogP contribution in [-0.4, -0.2) is 34.3 Å². The first-order valence-electron chi connectivity index (χ1n) is 4.60. The first-order valence-corrected chi connectivity index (χ1v) is 6.25. The highest BCUT2D eigenvalue weighted by molar-refractivity contribution is 7.89. The molecule has 0 atom stereocenters. The van der Waals surface area contributed by atoms with Crippen LogP contribution in [-0.2, 0) is 10.0 Å². The lowest BCUT2D eigenvalue weighted by Gasteiger charge is -2.08. The summed E-state index contributed by atoms with van der Waals surface area (Å²) in [7, 11) is -1.23. The first kappa shape index (κ1) is 12.9. The summed E-state index contributed by atoms with van der Waals surface area (Å²) in [6.07, 6.45) is 0.657. The van der Waals surface area contributed by atoms with Crippen molar-refractivity contribution in [3.8, 4) is 0 Å². The molecule has 0 radical (unpaired) electrons. The van der Waals surface area contributed by atoms with Gasteiger partial charge in [0.05, 0.1) is 5.75 Å². The molecular weight excluding hydrogens is 188 g/mol. The lowest BCUT2D eigenvalue weighted by atomic mass is 10.2. The average Bonchev–Trinajstić information content (AvgIpc) is 2.02. The Bertz CT molecular complexity index is 212. The molecule has 0 aliphatic heterocycles. The van der Waals surface area contributed by atoms with Crippen molar-refractivity contribution in [1.29, 1.82) is 0 Å². The Morgan fingerprint density at radius 3 is 2.38 bits per heavy atom. The third-order valence-electron chi connectivity index (χ3n) is 1.55. The zero-order chi connectivity index (χ0) is 10.3. The van der Waals surface area contributed by atoms with Crippen molar-refractivity contribution < 1.29 is 8.42 Å². The summed E-state index contributed by atoms with van der Waals surface area (Å²) in [4.78, 5) is 0. The molecular formula is C8H20N2O2S. The van der Waals surface area contributed by atoms with Crippen molar-refractivity contribution in [2.24, 2.45) is 5.92 Å². The Morgan fingerprint density at radius 2 is 1.92 bits per heavy atom. The van der Waals surface area contributed by atoms with Gasteiger partial charge in [-0.3, -0.25) is 0 Å². The van der Waals surface area contributed by atoms with Crippen molar-refractivity contribution >= 4 is 10.0 Å². The molecule has 0 aromatic rings. The van der Waals surface area contributed by atoms with Crippen molar-refractivity contribution in [2.75, 3.05) is 25.9 Å². The third-order valence-corrected chi connectivity index (χ3v) is 2.98. The Balaban J connectivity index is 3.68. The quantitative estimate of drug-likeness (QED) is 0.586. The van der Waals surface area contributed by atoms with E-state index >= 15 is 0 Å². The summed E-state index contributed by atoms with van der Waals surface area (Å²) in [6.45, 7) is 5.23. The van der Waals surface area contributed by atoms with Gasteiger partial charge in [-0.15, -0.1) is 0 Å². The largest absolute Gasteiger partial charge is 0.320 e. The van der Waals surface area contributed by atoms with Crippen molar-refractivity contribution in [3.63, 3.8) is 0 Å². The minimum Gasteiger partial charge on any atom is -0.320 e. The molecule has 0 spiro atoms. The topological polar surface area (TPSA) is 58.2 Å². The van der Waals surface area contributed by atoms with Gasteiger partial charge in [0.2, 0.25) is 10.0 Å². The lowest BCUT2D eigenvalue weighted by molar-refractivity contribution is 0.557. The predicted molar refractivity (Wildman–Crippen MR) is 55.2 cm³/mol. The maximum Gasteiger partial charge on any atom is 0.211 e. The Labute approximate surface area is 81.2 Å². The lowest BCUT2D eigenvalue weighted by Crippen LogP contribution is -2.30. The molecule has 0 fully saturated rings. The number of hydrogen-bond donors (Lipinski definition) is 2. The van der Waals surface area contributed by atoms with Crippen LogP contribution in [0.2, 0.25) is 0 Å². The van der Waals surface area contributed by atoms with E-state index < -0.39 is 10.0 Å². The summed E-state index contributed by atoms with van der Waals surface area (Å²) in [5.41, 5.74) is 0. The molecule has 0 amide bonds. The molecule has 0 unspecified atom stereocenters. The van der Waals surface area contributed by atoms with Crippen LogP contribution < -0.4 is 10.0 Å². The van der Waals surface area contributed by atoms with Crippen LogP contribution in [0.4, 0.5) is 0 Å². The monoisotopic (exact) mass is 208 g/mol. The maximum absolute atomic E-state index is 11.3. The normalized spacial score (nSPS) is 12.3. The van der Waals surface area contributed by atoms with Crippen LogP contribution in [0.1, 0.15) is 20.3 Å². The highest BCUT2D eigenvalue weighted by atomic mass is 32.2. The van der Waals surface area contributed by atoms with Gasteiger partial charge in [0.15, 0.2) is 0 Å². The van der Waals surface area contributed by atoms with Gasteiger partial charge in [0.1, 0.15) is 0 Å². The predicted octanol–water partition coefficient (Wildman–Crippen LogP) is 0.171. The SMILES string of the molecule is CNCCCS(=O)(=O)NCC(C)C. The van der Waals surface area contributed by atoms with E-state index in [4.69, 9.17) is 0 Å². The van der Waals surface area contributed by atoms with Crippen molar-refractivity contribution in [3.05, 3.63) is 0 Å². The fourth-order valence-electron chi connectivity index (χ4n) is 0.805. The molecule has 5 heteroatoms. The Hall–Kier alpha value is -0.130. The van der Waals surface area contributed by atoms with Gasteiger partial charge < -0.3 is 5.32 Å². The third kappa shape index (κ3) is 8.21. The van der Waals surface area contributed by atoms with E-state index in [1.54, 1.807) is 0 Å². The van der Waals surface area contributed by atoms with Gasteiger partial charge in [-0.25, -0.2) is 13.1 Å². The summed E-state index contributed by atoms with van der Waals surface area (Å²) in [6, 6.07) is 0. The second-order valence-electron chi connectivity index (χ2n) is 3.52. The molecule has 80 valence electrons. The van der Waals surface area contributed by atoms with Gasteiger partial charge in [-0.2, -0.15) is 0 Å². The molecule has 0 saturated heterocycles. The van der Waals surface area contributed by atoms with Crippen LogP contribution >= 0.6 is 0 Å². The highest BCUT2D eigenvalue weighted by Gasteiger charge is 2.09. The molecule has 0 aromatic heterocycles. The number of hydrogen-bond acceptors (Lipinski definition) is 3. The van der Waals surface area contributed by atoms with Crippen molar-refractivity contribution in [2.45, 2.75) is 20.3 Å². The highest BCUT2D eigenvalue weighted by Crippen LogP contribution is 1.92. The zero-order valence-corrected chi connectivity index (χ0v) is 9.45. The summed E-state index contributed by atoms with van der Waals surface area (Å²) >= 11 is 0. The van der Waals surface area contributed by atoms with E-state index in [1.165, 1.54) is 0 Å². The second-order valence-corrected chi connectivity index (χ2v) is 5.44. The molecule has 0 aliphatic rings. The van der Waals surface area contributed by atoms with Gasteiger partial charge >= 0.3 is 0 Å². The van der Waals surface area contributed by atoms with Crippen LogP contribution in [0, 0.1) is 5.92 Å². The average molecular weight is 208 g/mol. The molecule has 13 heavy (non-hydrogen) atoms. The van der Waals surface area contributed by atoms with Crippen LogP contribution in [0.15, 0.2) is 0 Å². The summed E-state index contributed by atoms with van der Waals surface area (Å²) < 4.78 is 25.1. The van der Waals surface area contributed by atoms with Crippen LogP contribution in [0.25, 0.3) is 0 Å². The van der Waals surface area contributed by atoms with Gasteiger partial charge in [-0.1, -0.05) is 13.8 Å². The first-order chi connectivity index (χ1) is 5.98. The maximum atomic E-state index is 11.3. The fourth-order valence-corrected chi connectivity index (χ4v) is 2.06. The molecule has 0 saturated carbocycles. The Kier molecular flexibility index (Phi) is 6.28. The Morgan fingerprint density at radius 1 is 1.31 bits per heavy atom. The molecule has 2 N–H and O–H groups in total.